The number of carbonyl (C=O) groups is 2. The zero-order valence-corrected chi connectivity index (χ0v) is 22.1. The fourth-order valence-corrected chi connectivity index (χ4v) is 3.94. The summed E-state index contributed by atoms with van der Waals surface area (Å²) in [7, 11) is 0. The molecule has 0 aliphatic carbocycles. The first-order chi connectivity index (χ1) is 18.6. The average molecular weight is 530 g/mol. The molecule has 202 valence electrons. The standard InChI is InChI=1S/C31H31NO7/c1-20-27(17-18-37-25-12-14-26(15-13-25)39-31(2,3)30(35)36)32-29(38-20)24-6-4-5-23(19-24)22-10-7-21(8-11-22)9-16-28(33)34/h4-8,10-15,19H,9,16-18H2,1-3H3,(H,33,34)(H,35,36). The lowest BCUT2D eigenvalue weighted by atomic mass is 10.0. The molecular weight excluding hydrogens is 498 g/mol. The maximum Gasteiger partial charge on any atom is 0.347 e. The van der Waals surface area contributed by atoms with Crippen molar-refractivity contribution in [1.29, 1.82) is 0 Å². The monoisotopic (exact) mass is 529 g/mol. The van der Waals surface area contributed by atoms with Gasteiger partial charge >= 0.3 is 11.9 Å². The number of rotatable bonds is 12. The Hall–Kier alpha value is -4.59. The van der Waals surface area contributed by atoms with E-state index in [2.05, 4.69) is 0 Å². The Morgan fingerprint density at radius 1 is 0.872 bits per heavy atom. The number of oxazole rings is 1. The van der Waals surface area contributed by atoms with Crippen molar-refractivity contribution in [3.63, 3.8) is 0 Å². The number of aliphatic carboxylic acids is 2. The van der Waals surface area contributed by atoms with Gasteiger partial charge in [-0.15, -0.1) is 0 Å². The maximum atomic E-state index is 11.2. The summed E-state index contributed by atoms with van der Waals surface area (Å²) in [5.41, 5.74) is 3.36. The van der Waals surface area contributed by atoms with Gasteiger partial charge in [-0.1, -0.05) is 36.4 Å². The number of nitrogens with zero attached hydrogens (tertiary/aromatic N) is 1. The maximum absolute atomic E-state index is 11.2. The van der Waals surface area contributed by atoms with Gasteiger partial charge in [-0.25, -0.2) is 9.78 Å². The van der Waals surface area contributed by atoms with Gasteiger partial charge in [0.05, 0.1) is 12.3 Å². The first-order valence-electron chi connectivity index (χ1n) is 12.6. The Balaban J connectivity index is 1.36. The molecule has 0 bridgehead atoms. The fourth-order valence-electron chi connectivity index (χ4n) is 3.94. The summed E-state index contributed by atoms with van der Waals surface area (Å²) in [6.45, 7) is 5.26. The van der Waals surface area contributed by atoms with Gasteiger partial charge in [-0.3, -0.25) is 4.79 Å². The van der Waals surface area contributed by atoms with Crippen LogP contribution in [0.5, 0.6) is 11.5 Å². The molecule has 4 aromatic rings. The molecule has 0 fully saturated rings. The quantitative estimate of drug-likeness (QED) is 0.223. The molecule has 0 saturated carbocycles. The van der Waals surface area contributed by atoms with E-state index in [9.17, 15) is 14.7 Å². The summed E-state index contributed by atoms with van der Waals surface area (Å²) in [5.74, 6) is 0.496. The predicted molar refractivity (Wildman–Crippen MR) is 146 cm³/mol. The number of hydrogen-bond donors (Lipinski definition) is 2. The van der Waals surface area contributed by atoms with Crippen LogP contribution >= 0.6 is 0 Å². The van der Waals surface area contributed by atoms with Crippen LogP contribution in [0.15, 0.2) is 77.2 Å². The van der Waals surface area contributed by atoms with E-state index in [-0.39, 0.29) is 6.42 Å². The lowest BCUT2D eigenvalue weighted by Crippen LogP contribution is -2.37. The second kappa shape index (κ2) is 11.9. The first kappa shape index (κ1) is 27.4. The Labute approximate surface area is 226 Å². The van der Waals surface area contributed by atoms with Crippen LogP contribution in [0.2, 0.25) is 0 Å². The molecule has 0 radical (unpaired) electrons. The molecular formula is C31H31NO7. The van der Waals surface area contributed by atoms with Crippen LogP contribution in [0.25, 0.3) is 22.6 Å². The van der Waals surface area contributed by atoms with Crippen molar-refractivity contribution in [3.05, 3.63) is 89.8 Å². The van der Waals surface area contributed by atoms with Crippen molar-refractivity contribution in [2.45, 2.75) is 45.6 Å². The van der Waals surface area contributed by atoms with Gasteiger partial charge in [0.15, 0.2) is 5.60 Å². The van der Waals surface area contributed by atoms with E-state index in [0.29, 0.717) is 36.8 Å². The van der Waals surface area contributed by atoms with E-state index in [1.807, 2.05) is 55.5 Å². The van der Waals surface area contributed by atoms with Gasteiger partial charge in [-0.05, 0) is 80.3 Å². The van der Waals surface area contributed by atoms with Crippen molar-refractivity contribution in [3.8, 4) is 34.1 Å². The van der Waals surface area contributed by atoms with Gasteiger partial charge < -0.3 is 24.1 Å². The molecule has 0 saturated heterocycles. The molecule has 0 amide bonds. The van der Waals surface area contributed by atoms with E-state index in [4.69, 9.17) is 24.0 Å². The third-order valence-corrected chi connectivity index (χ3v) is 6.24. The number of aryl methyl sites for hydroxylation is 2. The molecule has 4 rings (SSSR count). The fraction of sp³-hybridized carbons (Fsp3) is 0.258. The van der Waals surface area contributed by atoms with Gasteiger partial charge in [0, 0.05) is 18.4 Å². The van der Waals surface area contributed by atoms with E-state index in [0.717, 1.165) is 33.7 Å². The highest BCUT2D eigenvalue weighted by molar-refractivity contribution is 5.76. The highest BCUT2D eigenvalue weighted by atomic mass is 16.5. The zero-order valence-electron chi connectivity index (χ0n) is 22.1. The molecule has 0 spiro atoms. The normalized spacial score (nSPS) is 11.3. The van der Waals surface area contributed by atoms with Crippen molar-refractivity contribution in [2.24, 2.45) is 0 Å². The Kier molecular flexibility index (Phi) is 8.34. The Morgan fingerprint density at radius 2 is 1.54 bits per heavy atom. The number of carboxylic acid groups (broad SMARTS) is 2. The first-order valence-corrected chi connectivity index (χ1v) is 12.6. The molecule has 0 atom stereocenters. The number of hydrogen-bond acceptors (Lipinski definition) is 6. The molecule has 39 heavy (non-hydrogen) atoms. The van der Waals surface area contributed by atoms with Gasteiger partial charge in [0.2, 0.25) is 5.89 Å². The molecule has 0 aliphatic rings. The number of benzene rings is 3. The van der Waals surface area contributed by atoms with Crippen molar-refractivity contribution in [1.82, 2.24) is 4.98 Å². The van der Waals surface area contributed by atoms with E-state index >= 15 is 0 Å². The van der Waals surface area contributed by atoms with Crippen LogP contribution in [0, 0.1) is 6.92 Å². The van der Waals surface area contributed by atoms with E-state index in [1.165, 1.54) is 13.8 Å². The lowest BCUT2D eigenvalue weighted by molar-refractivity contribution is -0.152. The number of aromatic nitrogens is 1. The average Bonchev–Trinajstić information content (AvgIpc) is 3.29. The van der Waals surface area contributed by atoms with Crippen molar-refractivity contribution in [2.75, 3.05) is 6.61 Å². The molecule has 1 heterocycles. The van der Waals surface area contributed by atoms with Crippen LogP contribution in [0.1, 0.15) is 37.3 Å². The van der Waals surface area contributed by atoms with Gasteiger partial charge in [0.1, 0.15) is 17.3 Å². The topological polar surface area (TPSA) is 119 Å². The second-order valence-electron chi connectivity index (χ2n) is 9.68. The van der Waals surface area contributed by atoms with Crippen LogP contribution in [-0.4, -0.2) is 39.3 Å². The number of carboxylic acids is 2. The Bertz CT molecular complexity index is 1440. The summed E-state index contributed by atoms with van der Waals surface area (Å²) in [6, 6.07) is 22.7. The SMILES string of the molecule is Cc1oc(-c2cccc(-c3ccc(CCC(=O)O)cc3)c2)nc1CCOc1ccc(OC(C)(C)C(=O)O)cc1. The molecule has 0 unspecified atom stereocenters. The van der Waals surface area contributed by atoms with E-state index in [1.54, 1.807) is 24.3 Å². The van der Waals surface area contributed by atoms with Crippen LogP contribution in [-0.2, 0) is 22.4 Å². The molecule has 8 heteroatoms. The second-order valence-corrected chi connectivity index (χ2v) is 9.68. The summed E-state index contributed by atoms with van der Waals surface area (Å²) < 4.78 is 17.3. The van der Waals surface area contributed by atoms with E-state index < -0.39 is 17.5 Å². The third kappa shape index (κ3) is 7.25. The van der Waals surface area contributed by atoms with Crippen LogP contribution in [0.4, 0.5) is 0 Å². The van der Waals surface area contributed by atoms with Gasteiger partial charge in [-0.2, -0.15) is 0 Å². The van der Waals surface area contributed by atoms with Crippen LogP contribution in [0.3, 0.4) is 0 Å². The minimum absolute atomic E-state index is 0.111. The van der Waals surface area contributed by atoms with Crippen molar-refractivity contribution >= 4 is 11.9 Å². The minimum atomic E-state index is -1.32. The third-order valence-electron chi connectivity index (χ3n) is 6.24. The van der Waals surface area contributed by atoms with Gasteiger partial charge in [0.25, 0.3) is 0 Å². The molecule has 3 aromatic carbocycles. The minimum Gasteiger partial charge on any atom is -0.493 e. The largest absolute Gasteiger partial charge is 0.493 e. The summed E-state index contributed by atoms with van der Waals surface area (Å²) in [4.78, 5) is 26.7. The predicted octanol–water partition coefficient (Wildman–Crippen LogP) is 6.20. The zero-order chi connectivity index (χ0) is 28.0. The van der Waals surface area contributed by atoms with Crippen LogP contribution < -0.4 is 9.47 Å². The number of ether oxygens (including phenoxy) is 2. The highest BCUT2D eigenvalue weighted by Gasteiger charge is 2.29. The summed E-state index contributed by atoms with van der Waals surface area (Å²) >= 11 is 0. The Morgan fingerprint density at radius 3 is 2.21 bits per heavy atom. The molecule has 8 nitrogen and oxygen atoms in total. The summed E-state index contributed by atoms with van der Waals surface area (Å²) in [5, 5.41) is 18.1. The van der Waals surface area contributed by atoms with Crippen molar-refractivity contribution < 1.29 is 33.7 Å². The highest BCUT2D eigenvalue weighted by Crippen LogP contribution is 2.28. The molecule has 2 N–H and O–H groups in total. The summed E-state index contributed by atoms with van der Waals surface area (Å²) in [6.07, 6.45) is 1.17. The smallest absolute Gasteiger partial charge is 0.347 e. The molecule has 1 aromatic heterocycles. The molecule has 0 aliphatic heterocycles. The lowest BCUT2D eigenvalue weighted by Gasteiger charge is -2.21.